The first-order valence-corrected chi connectivity index (χ1v) is 8.77. The molecule has 4 nitrogen and oxygen atoms in total. The Hall–Kier alpha value is -1.03. The molecule has 0 aromatic heterocycles. The number of hydrogen-bond acceptors (Lipinski definition) is 2. The summed E-state index contributed by atoms with van der Waals surface area (Å²) in [4.78, 5) is 6.43. The molecule has 26 heavy (non-hydrogen) atoms. The van der Waals surface area contributed by atoms with Gasteiger partial charge in [0.2, 0.25) is 0 Å². The molecular weight excluding hydrogens is 456 g/mol. The van der Waals surface area contributed by atoms with Crippen LogP contribution in [-0.2, 0) is 6.54 Å². The summed E-state index contributed by atoms with van der Waals surface area (Å²) in [5.74, 6) is 0.463. The third kappa shape index (κ3) is 8.11. The van der Waals surface area contributed by atoms with Crippen LogP contribution < -0.4 is 10.6 Å². The molecule has 1 fully saturated rings. The first-order valence-electron chi connectivity index (χ1n) is 8.77. The van der Waals surface area contributed by atoms with E-state index < -0.39 is 12.6 Å². The average molecular weight is 484 g/mol. The van der Waals surface area contributed by atoms with E-state index in [1.54, 1.807) is 0 Å². The van der Waals surface area contributed by atoms with Crippen LogP contribution in [0.1, 0.15) is 32.3 Å². The smallest absolute Gasteiger partial charge is 0.357 e. The van der Waals surface area contributed by atoms with Crippen molar-refractivity contribution in [2.24, 2.45) is 4.99 Å². The van der Waals surface area contributed by atoms with Gasteiger partial charge in [-0.1, -0.05) is 30.3 Å². The molecule has 0 saturated carbocycles. The van der Waals surface area contributed by atoms with Crippen molar-refractivity contribution in [1.29, 1.82) is 0 Å². The van der Waals surface area contributed by atoms with Crippen molar-refractivity contribution in [3.8, 4) is 0 Å². The Kier molecular flexibility index (Phi) is 9.70. The number of aliphatic imine (C=N–C) groups is 1. The Morgan fingerprint density at radius 2 is 1.96 bits per heavy atom. The number of nitrogens with zero attached hydrogens (tertiary/aromatic N) is 2. The number of benzene rings is 1. The number of guanidine groups is 1. The second kappa shape index (κ2) is 11.0. The summed E-state index contributed by atoms with van der Waals surface area (Å²) in [6.45, 7) is 6.17. The first-order chi connectivity index (χ1) is 11.9. The standard InChI is InChI=1S/C18H27F3N4.HI/c1-3-22-17(23-10-9-18(19,20)21)24-16-11-14(2)25(13-16)12-15-7-5-4-6-8-15;/h4-8,14,16H,3,9-13H2,1-2H3,(H2,22,23,24);1H. The molecule has 1 aliphatic heterocycles. The SMILES string of the molecule is CCNC(=NCCC(F)(F)F)NC1CC(C)N(Cc2ccccc2)C1.I. The molecule has 0 spiro atoms. The molecule has 1 heterocycles. The van der Waals surface area contributed by atoms with Crippen molar-refractivity contribution in [2.75, 3.05) is 19.6 Å². The van der Waals surface area contributed by atoms with Crippen LogP contribution in [0, 0.1) is 0 Å². The maximum absolute atomic E-state index is 12.3. The zero-order valence-electron chi connectivity index (χ0n) is 15.2. The number of nitrogens with one attached hydrogen (secondary N) is 2. The average Bonchev–Trinajstić information content (AvgIpc) is 2.87. The first kappa shape index (κ1) is 23.0. The van der Waals surface area contributed by atoms with Crippen LogP contribution in [0.5, 0.6) is 0 Å². The fourth-order valence-corrected chi connectivity index (χ4v) is 3.05. The molecule has 1 aliphatic rings. The second-order valence-corrected chi connectivity index (χ2v) is 6.47. The minimum atomic E-state index is -4.17. The molecule has 2 atom stereocenters. The molecule has 0 amide bonds. The van der Waals surface area contributed by atoms with Crippen LogP contribution in [-0.4, -0.2) is 48.8 Å². The predicted molar refractivity (Wildman–Crippen MR) is 110 cm³/mol. The van der Waals surface area contributed by atoms with Gasteiger partial charge in [0.25, 0.3) is 0 Å². The molecule has 1 saturated heterocycles. The highest BCUT2D eigenvalue weighted by atomic mass is 127. The van der Waals surface area contributed by atoms with Gasteiger partial charge in [0, 0.05) is 31.7 Å². The van der Waals surface area contributed by atoms with E-state index in [0.717, 1.165) is 19.5 Å². The van der Waals surface area contributed by atoms with E-state index in [-0.39, 0.29) is 36.6 Å². The van der Waals surface area contributed by atoms with Gasteiger partial charge in [-0.2, -0.15) is 13.2 Å². The van der Waals surface area contributed by atoms with Gasteiger partial charge >= 0.3 is 6.18 Å². The summed E-state index contributed by atoms with van der Waals surface area (Å²) in [5.41, 5.74) is 1.26. The molecule has 1 aromatic rings. The highest BCUT2D eigenvalue weighted by Gasteiger charge is 2.30. The molecule has 1 aromatic carbocycles. The highest BCUT2D eigenvalue weighted by molar-refractivity contribution is 14.0. The lowest BCUT2D eigenvalue weighted by Gasteiger charge is -2.21. The van der Waals surface area contributed by atoms with Crippen molar-refractivity contribution in [2.45, 2.75) is 51.5 Å². The Morgan fingerprint density at radius 1 is 1.27 bits per heavy atom. The summed E-state index contributed by atoms with van der Waals surface area (Å²) < 4.78 is 36.9. The Bertz CT molecular complexity index is 551. The van der Waals surface area contributed by atoms with E-state index in [9.17, 15) is 13.2 Å². The highest BCUT2D eigenvalue weighted by Crippen LogP contribution is 2.21. The molecule has 0 bridgehead atoms. The molecule has 2 N–H and O–H groups in total. The summed E-state index contributed by atoms with van der Waals surface area (Å²) in [5, 5.41) is 6.31. The normalized spacial score (nSPS) is 21.3. The fraction of sp³-hybridized carbons (Fsp3) is 0.611. The van der Waals surface area contributed by atoms with Crippen molar-refractivity contribution in [3.05, 3.63) is 35.9 Å². The van der Waals surface area contributed by atoms with Gasteiger partial charge in [-0.3, -0.25) is 9.89 Å². The van der Waals surface area contributed by atoms with Crippen LogP contribution >= 0.6 is 24.0 Å². The third-order valence-electron chi connectivity index (χ3n) is 4.28. The lowest BCUT2D eigenvalue weighted by atomic mass is 10.2. The summed E-state index contributed by atoms with van der Waals surface area (Å²) in [6, 6.07) is 10.9. The van der Waals surface area contributed by atoms with Crippen LogP contribution in [0.15, 0.2) is 35.3 Å². The molecule has 0 radical (unpaired) electrons. The third-order valence-corrected chi connectivity index (χ3v) is 4.28. The topological polar surface area (TPSA) is 39.7 Å². The predicted octanol–water partition coefficient (Wildman–Crippen LogP) is 3.77. The lowest BCUT2D eigenvalue weighted by Crippen LogP contribution is -2.44. The van der Waals surface area contributed by atoms with Crippen molar-refractivity contribution in [3.63, 3.8) is 0 Å². The van der Waals surface area contributed by atoms with Crippen LogP contribution in [0.3, 0.4) is 0 Å². The number of halogens is 4. The molecule has 2 rings (SSSR count). The quantitative estimate of drug-likeness (QED) is 0.367. The fourth-order valence-electron chi connectivity index (χ4n) is 3.05. The number of alkyl halides is 3. The molecule has 8 heteroatoms. The number of hydrogen-bond donors (Lipinski definition) is 2. The van der Waals surface area contributed by atoms with E-state index in [1.165, 1.54) is 5.56 Å². The van der Waals surface area contributed by atoms with Gasteiger partial charge in [-0.25, -0.2) is 0 Å². The van der Waals surface area contributed by atoms with Gasteiger partial charge in [-0.05, 0) is 25.8 Å². The Labute approximate surface area is 170 Å². The number of likely N-dealkylation sites (tertiary alicyclic amines) is 1. The van der Waals surface area contributed by atoms with Gasteiger partial charge in [0.05, 0.1) is 13.0 Å². The zero-order chi connectivity index (χ0) is 18.3. The lowest BCUT2D eigenvalue weighted by molar-refractivity contribution is -0.132. The van der Waals surface area contributed by atoms with E-state index in [1.807, 2.05) is 25.1 Å². The Morgan fingerprint density at radius 3 is 2.58 bits per heavy atom. The van der Waals surface area contributed by atoms with E-state index >= 15 is 0 Å². The van der Waals surface area contributed by atoms with E-state index in [2.05, 4.69) is 39.6 Å². The molecule has 0 aliphatic carbocycles. The summed E-state index contributed by atoms with van der Waals surface area (Å²) in [6.07, 6.45) is -4.13. The van der Waals surface area contributed by atoms with Gasteiger partial charge in [0.15, 0.2) is 5.96 Å². The summed E-state index contributed by atoms with van der Waals surface area (Å²) in [7, 11) is 0. The van der Waals surface area contributed by atoms with Crippen molar-refractivity contribution in [1.82, 2.24) is 15.5 Å². The maximum atomic E-state index is 12.3. The van der Waals surface area contributed by atoms with Crippen molar-refractivity contribution < 1.29 is 13.2 Å². The van der Waals surface area contributed by atoms with E-state index in [0.29, 0.717) is 18.5 Å². The maximum Gasteiger partial charge on any atom is 0.390 e. The minimum absolute atomic E-state index is 0. The van der Waals surface area contributed by atoms with Gasteiger partial charge in [-0.15, -0.1) is 24.0 Å². The monoisotopic (exact) mass is 484 g/mol. The van der Waals surface area contributed by atoms with E-state index in [4.69, 9.17) is 0 Å². The van der Waals surface area contributed by atoms with Crippen LogP contribution in [0.25, 0.3) is 0 Å². The van der Waals surface area contributed by atoms with Crippen LogP contribution in [0.2, 0.25) is 0 Å². The summed E-state index contributed by atoms with van der Waals surface area (Å²) >= 11 is 0. The minimum Gasteiger partial charge on any atom is -0.357 e. The molecule has 148 valence electrons. The molecular formula is C18H28F3IN4. The van der Waals surface area contributed by atoms with Crippen molar-refractivity contribution >= 4 is 29.9 Å². The van der Waals surface area contributed by atoms with Gasteiger partial charge in [0.1, 0.15) is 0 Å². The Balaban J connectivity index is 0.00000338. The van der Waals surface area contributed by atoms with Gasteiger partial charge < -0.3 is 10.6 Å². The number of rotatable bonds is 6. The largest absolute Gasteiger partial charge is 0.390 e. The molecule has 2 unspecified atom stereocenters. The van der Waals surface area contributed by atoms with Crippen LogP contribution in [0.4, 0.5) is 13.2 Å². The second-order valence-electron chi connectivity index (χ2n) is 6.47. The zero-order valence-corrected chi connectivity index (χ0v) is 17.6.